The topological polar surface area (TPSA) is 105 Å². The molecule has 0 bridgehead atoms. The molecule has 8 nitrogen and oxygen atoms in total. The van der Waals surface area contributed by atoms with E-state index >= 15 is 0 Å². The van der Waals surface area contributed by atoms with Crippen LogP contribution in [0.3, 0.4) is 0 Å². The van der Waals surface area contributed by atoms with E-state index in [0.29, 0.717) is 22.3 Å². The molecular weight excluding hydrogens is 1140 g/mol. The molecular formula is C46H44Cl8Mn2O8P2. The normalized spacial score (nSPS) is 11.6. The summed E-state index contributed by atoms with van der Waals surface area (Å²) in [4.78, 5) is 47.1. The molecule has 6 aromatic rings. The van der Waals surface area contributed by atoms with Crippen LogP contribution in [-0.4, -0.2) is 65.6 Å². The molecule has 0 spiro atoms. The van der Waals surface area contributed by atoms with Crippen molar-refractivity contribution < 1.29 is 56.5 Å². The van der Waals surface area contributed by atoms with Crippen molar-refractivity contribution in [3.63, 3.8) is 0 Å². The molecule has 6 aromatic carbocycles. The van der Waals surface area contributed by atoms with Crippen LogP contribution in [0.2, 0.25) is 0 Å². The predicted molar refractivity (Wildman–Crippen MR) is 274 cm³/mol. The summed E-state index contributed by atoms with van der Waals surface area (Å²) in [5, 5.41) is 6.97. The van der Waals surface area contributed by atoms with E-state index in [0.717, 1.165) is 21.2 Å². The Balaban J connectivity index is 0.000000291. The number of esters is 4. The van der Waals surface area contributed by atoms with Gasteiger partial charge in [0.05, 0.1) is 64.0 Å². The van der Waals surface area contributed by atoms with Gasteiger partial charge in [0, 0.05) is 0 Å². The van der Waals surface area contributed by atoms with Gasteiger partial charge in [0.25, 0.3) is 0 Å². The summed E-state index contributed by atoms with van der Waals surface area (Å²) in [6.07, 6.45) is 0. The molecule has 0 fully saturated rings. The third-order valence-corrected chi connectivity index (χ3v) is 17.8. The summed E-state index contributed by atoms with van der Waals surface area (Å²) in [6, 6.07) is 50.9. The first-order valence-corrected chi connectivity index (χ1v) is 36.2. The van der Waals surface area contributed by atoms with Crippen molar-refractivity contribution in [3.8, 4) is 0 Å². The van der Waals surface area contributed by atoms with Gasteiger partial charge in [-0.2, -0.15) is 0 Å². The van der Waals surface area contributed by atoms with E-state index in [1.54, 1.807) is 48.5 Å². The molecule has 66 heavy (non-hydrogen) atoms. The van der Waals surface area contributed by atoms with Gasteiger partial charge in [0.1, 0.15) is 46.4 Å². The van der Waals surface area contributed by atoms with Gasteiger partial charge in [0.15, 0.2) is 0 Å². The fourth-order valence-corrected chi connectivity index (χ4v) is 12.7. The number of halogens is 8. The molecule has 0 radical (unpaired) electrons. The quantitative estimate of drug-likeness (QED) is 0.0578. The maximum absolute atomic E-state index is 11.8. The second-order valence-corrected chi connectivity index (χ2v) is 44.0. The van der Waals surface area contributed by atoms with Crippen LogP contribution < -0.4 is 31.8 Å². The molecule has 0 atom stereocenters. The molecule has 0 aliphatic rings. The first-order chi connectivity index (χ1) is 31.0. The molecule has 0 aromatic heterocycles. The molecule has 356 valence electrons. The Morgan fingerprint density at radius 1 is 0.318 bits per heavy atom. The van der Waals surface area contributed by atoms with Gasteiger partial charge < -0.3 is 18.9 Å². The van der Waals surface area contributed by atoms with Crippen LogP contribution in [0, 0.1) is 0 Å². The number of hydrogen-bond acceptors (Lipinski definition) is 8. The minimum atomic E-state index is -2.74. The summed E-state index contributed by atoms with van der Waals surface area (Å²) in [6.45, 7) is 4.48. The minimum absolute atomic E-state index is 0.353. The first-order valence-electron chi connectivity index (χ1n) is 18.8. The van der Waals surface area contributed by atoms with Crippen LogP contribution in [0.15, 0.2) is 158 Å². The monoisotopic (exact) mass is 1180 g/mol. The average molecular weight is 1180 g/mol. The zero-order valence-corrected chi connectivity index (χ0v) is 46.1. The van der Waals surface area contributed by atoms with Crippen LogP contribution >= 0.6 is 95.3 Å². The maximum atomic E-state index is 11.8. The Morgan fingerprint density at radius 3 is 0.621 bits per heavy atom. The molecule has 0 heterocycles. The Morgan fingerprint density at radius 2 is 0.470 bits per heavy atom. The number of carbonyl (C=O) groups is 4. The molecule has 0 saturated carbocycles. The summed E-state index contributed by atoms with van der Waals surface area (Å²) in [5.41, 5.74) is 2.08. The summed E-state index contributed by atoms with van der Waals surface area (Å²) >= 11 is 0. The van der Waals surface area contributed by atoms with Crippen molar-refractivity contribution in [1.82, 2.24) is 0 Å². The predicted octanol–water partition coefficient (Wildman–Crippen LogP) is 11.9. The molecule has 0 aliphatic heterocycles. The molecule has 0 aliphatic carbocycles. The fourth-order valence-electron chi connectivity index (χ4n) is 6.40. The summed E-state index contributed by atoms with van der Waals surface area (Å²) in [5.74, 6) is -1.41. The SMILES string of the molecule is COC(=O)c1ccc([P+](C)(c2ccccc2)c2ccc(C(=O)OC)cc2)cc1.COC(=O)c1ccc([P+](C)(c2ccccc2)c2ccc(C(=O)OC)cc2)cc1.[Cl][Mn-]([Cl])([Cl])[Cl].[Cl][Mn-]([Cl])([Cl])[Cl]. The Hall–Kier alpha value is -2.58. The third-order valence-electron chi connectivity index (χ3n) is 9.76. The molecule has 0 N–H and O–H groups in total. The summed E-state index contributed by atoms with van der Waals surface area (Å²) in [7, 11) is 35.9. The van der Waals surface area contributed by atoms with Gasteiger partial charge in [-0.15, -0.1) is 0 Å². The number of methoxy groups -OCH3 is 4. The molecule has 6 rings (SSSR count). The Kier molecular flexibility index (Phi) is 23.6. The van der Waals surface area contributed by atoms with Crippen molar-refractivity contribution in [2.75, 3.05) is 41.8 Å². The van der Waals surface area contributed by atoms with Crippen molar-refractivity contribution in [2.24, 2.45) is 0 Å². The molecule has 0 unspecified atom stereocenters. The molecule has 0 amide bonds. The summed E-state index contributed by atoms with van der Waals surface area (Å²) < 4.78 is 19.2. The van der Waals surface area contributed by atoms with E-state index in [1.165, 1.54) is 39.0 Å². The first kappa shape index (κ1) is 57.7. The third kappa shape index (κ3) is 17.4. The van der Waals surface area contributed by atoms with Crippen molar-refractivity contribution in [2.45, 2.75) is 0 Å². The average Bonchev–Trinajstić information content (AvgIpc) is 3.32. The van der Waals surface area contributed by atoms with Crippen molar-refractivity contribution in [1.29, 1.82) is 0 Å². The number of ether oxygens (including phenoxy) is 4. The van der Waals surface area contributed by atoms with Crippen LogP contribution in [0.25, 0.3) is 0 Å². The fraction of sp³-hybridized carbons (Fsp3) is 0.130. The molecule has 0 saturated heterocycles. The van der Waals surface area contributed by atoms with Gasteiger partial charge >= 0.3 is 123 Å². The van der Waals surface area contributed by atoms with E-state index in [1.807, 2.05) is 84.9 Å². The van der Waals surface area contributed by atoms with Crippen LogP contribution in [-0.2, 0) is 37.3 Å². The van der Waals surface area contributed by atoms with E-state index in [-0.39, 0.29) is 23.9 Å². The Labute approximate surface area is 425 Å². The van der Waals surface area contributed by atoms with Crippen LogP contribution in [0.1, 0.15) is 41.4 Å². The van der Waals surface area contributed by atoms with Crippen LogP contribution in [0.5, 0.6) is 0 Å². The second-order valence-electron chi connectivity index (χ2n) is 13.5. The zero-order chi connectivity index (χ0) is 49.3. The van der Waals surface area contributed by atoms with Gasteiger partial charge in [-0.1, -0.05) is 36.4 Å². The van der Waals surface area contributed by atoms with Gasteiger partial charge in [-0.05, 0) is 121 Å². The standard InChI is InChI=1S/2C23H22O4P.8ClH.2Mn/c2*1-26-22(24)17-9-13-20(14-10-17)28(3,19-7-5-4-6-8-19)21-15-11-18(12-16-21)23(25)27-2;;;;;;;;;;/h2*4-16H,1-3H3;8*1H;;/q2*+1;;;;;;;;;2*+3/p-8. The van der Waals surface area contributed by atoms with Crippen molar-refractivity contribution >= 4 is 151 Å². The number of carbonyl (C=O) groups excluding carboxylic acids is 4. The van der Waals surface area contributed by atoms with Crippen molar-refractivity contribution in [3.05, 3.63) is 180 Å². The van der Waals surface area contributed by atoms with E-state index in [9.17, 15) is 19.2 Å². The van der Waals surface area contributed by atoms with E-state index in [4.69, 9.17) is 99.7 Å². The molecule has 20 heteroatoms. The second kappa shape index (κ2) is 27.0. The van der Waals surface area contributed by atoms with Gasteiger partial charge in [-0.3, -0.25) is 0 Å². The van der Waals surface area contributed by atoms with Gasteiger partial charge in [-0.25, -0.2) is 19.2 Å². The van der Waals surface area contributed by atoms with E-state index < -0.39 is 32.9 Å². The number of benzene rings is 6. The Bertz CT molecular complexity index is 2190. The number of rotatable bonds is 10. The number of hydrogen-bond donors (Lipinski definition) is 0. The van der Waals surface area contributed by atoms with Crippen LogP contribution in [0.4, 0.5) is 0 Å². The van der Waals surface area contributed by atoms with E-state index in [2.05, 4.69) is 37.6 Å². The zero-order valence-electron chi connectivity index (χ0n) is 36.0. The van der Waals surface area contributed by atoms with Gasteiger partial charge in [0.2, 0.25) is 0 Å².